The number of allylic oxidation sites excluding steroid dienone is 4. The van der Waals surface area contributed by atoms with Gasteiger partial charge in [-0.25, -0.2) is 0 Å². The van der Waals surface area contributed by atoms with E-state index in [0.29, 0.717) is 29.6 Å². The third kappa shape index (κ3) is 2.57. The van der Waals surface area contributed by atoms with Gasteiger partial charge in [0.25, 0.3) is 0 Å². The van der Waals surface area contributed by atoms with Crippen molar-refractivity contribution in [3.63, 3.8) is 0 Å². The summed E-state index contributed by atoms with van der Waals surface area (Å²) in [6.07, 6.45) is 6.16. The molecule has 3 aliphatic carbocycles. The van der Waals surface area contributed by atoms with Crippen LogP contribution in [0.5, 0.6) is 0 Å². The Morgan fingerprint density at radius 2 is 1.56 bits per heavy atom. The van der Waals surface area contributed by atoms with Gasteiger partial charge in [-0.05, 0) is 78.1 Å². The predicted octanol–water partition coefficient (Wildman–Crippen LogP) is 9.64. The summed E-state index contributed by atoms with van der Waals surface area (Å²) in [5.41, 5.74) is 8.58. The maximum atomic E-state index is 4.98. The first-order chi connectivity index (χ1) is 14.6. The highest BCUT2D eigenvalue weighted by atomic mass is 14.8. The lowest BCUT2D eigenvalue weighted by atomic mass is 9.29. The minimum absolute atomic E-state index is 0.00232. The molecule has 0 N–H and O–H groups in total. The van der Waals surface area contributed by atoms with Crippen molar-refractivity contribution in [1.29, 1.82) is 0 Å². The Hall–Kier alpha value is -1.00. The molecule has 0 heteroatoms. The fourth-order valence-corrected chi connectivity index (χ4v) is 10.0. The SMILES string of the molecule is C=C=CC12C(C)C3(C)CC(C)C(C)=C(C(C)C(=C)C1(C)C(C)CC(C)C2(C)CC)C3(C)C. The minimum Gasteiger partial charge on any atom is -0.132 e. The van der Waals surface area contributed by atoms with Gasteiger partial charge in [-0.15, -0.1) is 5.73 Å². The zero-order valence-electron chi connectivity index (χ0n) is 23.5. The Balaban J connectivity index is 2.57. The smallest absolute Gasteiger partial charge is 0.0138 e. The lowest BCUT2D eigenvalue weighted by molar-refractivity contribution is -0.204. The fraction of sp³-hybridized carbons (Fsp3) is 0.781. The van der Waals surface area contributed by atoms with Gasteiger partial charge in [0.05, 0.1) is 0 Å². The third-order valence-corrected chi connectivity index (χ3v) is 12.9. The molecule has 0 aromatic carbocycles. The van der Waals surface area contributed by atoms with Crippen LogP contribution in [0.2, 0.25) is 0 Å². The number of hydrogen-bond donors (Lipinski definition) is 0. The average molecular weight is 437 g/mol. The van der Waals surface area contributed by atoms with Crippen molar-refractivity contribution < 1.29 is 0 Å². The molecule has 0 spiro atoms. The van der Waals surface area contributed by atoms with E-state index in [2.05, 4.69) is 101 Å². The van der Waals surface area contributed by atoms with Gasteiger partial charge in [0.15, 0.2) is 0 Å². The normalized spacial score (nSPS) is 50.8. The summed E-state index contributed by atoms with van der Waals surface area (Å²) in [7, 11) is 0. The van der Waals surface area contributed by atoms with E-state index in [-0.39, 0.29) is 27.1 Å². The highest BCUT2D eigenvalue weighted by Gasteiger charge is 2.72. The van der Waals surface area contributed by atoms with Gasteiger partial charge in [0.1, 0.15) is 0 Å². The van der Waals surface area contributed by atoms with E-state index < -0.39 is 0 Å². The molecule has 0 amide bonds. The summed E-state index contributed by atoms with van der Waals surface area (Å²) >= 11 is 0. The number of rotatable bonds is 2. The first-order valence-corrected chi connectivity index (χ1v) is 13.3. The molecule has 0 aromatic heterocycles. The fourth-order valence-electron chi connectivity index (χ4n) is 10.0. The first-order valence-electron chi connectivity index (χ1n) is 13.3. The van der Waals surface area contributed by atoms with E-state index in [0.717, 1.165) is 0 Å². The van der Waals surface area contributed by atoms with E-state index in [1.165, 1.54) is 24.8 Å². The molecule has 3 rings (SSSR count). The third-order valence-electron chi connectivity index (χ3n) is 12.9. The summed E-state index contributed by atoms with van der Waals surface area (Å²) in [4.78, 5) is 0. The predicted molar refractivity (Wildman–Crippen MR) is 141 cm³/mol. The van der Waals surface area contributed by atoms with Gasteiger partial charge in [-0.2, -0.15) is 0 Å². The van der Waals surface area contributed by atoms with Gasteiger partial charge in [0.2, 0.25) is 0 Å². The zero-order valence-corrected chi connectivity index (χ0v) is 23.5. The van der Waals surface area contributed by atoms with Crippen molar-refractivity contribution in [3.8, 4) is 0 Å². The molecule has 2 bridgehead atoms. The quantitative estimate of drug-likeness (QED) is 0.298. The van der Waals surface area contributed by atoms with Crippen LogP contribution in [0.25, 0.3) is 0 Å². The molecule has 180 valence electrons. The van der Waals surface area contributed by atoms with E-state index in [1.54, 1.807) is 11.1 Å². The second kappa shape index (κ2) is 7.50. The van der Waals surface area contributed by atoms with Gasteiger partial charge in [-0.3, -0.25) is 0 Å². The van der Waals surface area contributed by atoms with Gasteiger partial charge >= 0.3 is 0 Å². The minimum atomic E-state index is -0.0402. The monoisotopic (exact) mass is 436 g/mol. The standard InChI is InChI=1S/C32H52/c1-15-17-32-26(9)30(13)19-20(3)23(6)27(28(30,10)11)24(7)25(8)31(32,14)22(5)18-21(4)29(32,12)16-2/h17,20-22,24,26H,1,8,16,18-19H2,2-7,9-14H3. The molecule has 0 saturated heterocycles. The van der Waals surface area contributed by atoms with Crippen LogP contribution in [0, 0.1) is 56.7 Å². The molecule has 0 nitrogen and oxygen atoms in total. The van der Waals surface area contributed by atoms with Crippen LogP contribution in [0.1, 0.15) is 102 Å². The lowest BCUT2D eigenvalue weighted by Crippen LogP contribution is -2.68. The second-order valence-electron chi connectivity index (χ2n) is 13.4. The van der Waals surface area contributed by atoms with Crippen molar-refractivity contribution in [2.24, 2.45) is 56.7 Å². The highest BCUT2D eigenvalue weighted by Crippen LogP contribution is 2.78. The van der Waals surface area contributed by atoms with Crippen molar-refractivity contribution in [1.82, 2.24) is 0 Å². The molecule has 2 fully saturated rings. The molecule has 0 aromatic rings. The van der Waals surface area contributed by atoms with Crippen LogP contribution in [0.15, 0.2) is 41.7 Å². The Morgan fingerprint density at radius 1 is 1.00 bits per heavy atom. The molecule has 32 heavy (non-hydrogen) atoms. The van der Waals surface area contributed by atoms with Gasteiger partial charge < -0.3 is 0 Å². The summed E-state index contributed by atoms with van der Waals surface area (Å²) in [5.74, 6) is 2.70. The van der Waals surface area contributed by atoms with Crippen molar-refractivity contribution in [2.45, 2.75) is 102 Å². The Kier molecular flexibility index (Phi) is 6.00. The number of hydrogen-bond acceptors (Lipinski definition) is 0. The lowest BCUT2D eigenvalue weighted by Gasteiger charge is -2.74. The largest absolute Gasteiger partial charge is 0.132 e. The molecule has 3 aliphatic rings. The molecule has 0 radical (unpaired) electrons. The van der Waals surface area contributed by atoms with Crippen LogP contribution < -0.4 is 0 Å². The number of fused-ring (bicyclic) bond motifs is 3. The summed E-state index contributed by atoms with van der Waals surface area (Å²) in [5, 5.41) is 0. The molecule has 9 unspecified atom stereocenters. The van der Waals surface area contributed by atoms with Crippen molar-refractivity contribution in [3.05, 3.63) is 41.7 Å². The van der Waals surface area contributed by atoms with E-state index in [9.17, 15) is 0 Å². The first kappa shape index (κ1) is 25.6. The molecule has 9 atom stereocenters. The molecule has 0 heterocycles. The van der Waals surface area contributed by atoms with E-state index >= 15 is 0 Å². The zero-order chi connectivity index (χ0) is 24.7. The molecular formula is C32H52. The molecular weight excluding hydrogens is 384 g/mol. The summed E-state index contributed by atoms with van der Waals surface area (Å²) in [6, 6.07) is 0. The van der Waals surface area contributed by atoms with Crippen LogP contribution in [0.3, 0.4) is 0 Å². The molecule has 2 saturated carbocycles. The van der Waals surface area contributed by atoms with Gasteiger partial charge in [0, 0.05) is 10.8 Å². The summed E-state index contributed by atoms with van der Waals surface area (Å²) < 4.78 is 0. The average Bonchev–Trinajstić information content (AvgIpc) is 2.72. The van der Waals surface area contributed by atoms with Crippen LogP contribution >= 0.6 is 0 Å². The van der Waals surface area contributed by atoms with E-state index in [1.807, 2.05) is 0 Å². The van der Waals surface area contributed by atoms with Crippen molar-refractivity contribution in [2.75, 3.05) is 0 Å². The Bertz CT molecular complexity index is 878. The second-order valence-corrected chi connectivity index (χ2v) is 13.4. The topological polar surface area (TPSA) is 0 Å². The summed E-state index contributed by atoms with van der Waals surface area (Å²) in [6.45, 7) is 39.5. The van der Waals surface area contributed by atoms with Gasteiger partial charge in [-0.1, -0.05) is 106 Å². The maximum Gasteiger partial charge on any atom is 0.0138 e. The van der Waals surface area contributed by atoms with Crippen LogP contribution in [-0.2, 0) is 0 Å². The van der Waals surface area contributed by atoms with E-state index in [4.69, 9.17) is 6.58 Å². The molecule has 0 aliphatic heterocycles. The van der Waals surface area contributed by atoms with Crippen LogP contribution in [-0.4, -0.2) is 0 Å². The van der Waals surface area contributed by atoms with Crippen LogP contribution in [0.4, 0.5) is 0 Å². The van der Waals surface area contributed by atoms with Crippen molar-refractivity contribution >= 4 is 0 Å². The maximum absolute atomic E-state index is 4.98. The Morgan fingerprint density at radius 3 is 2.06 bits per heavy atom. The Labute approximate surface area is 200 Å². The highest BCUT2D eigenvalue weighted by molar-refractivity contribution is 5.43.